The molecular formula is C12H22BrN3OS. The zero-order valence-electron chi connectivity index (χ0n) is 11.4. The van der Waals surface area contributed by atoms with Gasteiger partial charge in [0.15, 0.2) is 0 Å². The summed E-state index contributed by atoms with van der Waals surface area (Å²) in [6, 6.07) is 0.261. The summed E-state index contributed by atoms with van der Waals surface area (Å²) < 4.78 is 3.01. The van der Waals surface area contributed by atoms with Gasteiger partial charge in [-0.25, -0.2) is 0 Å². The normalized spacial score (nSPS) is 14.8. The number of rotatable bonds is 7. The fourth-order valence-electron chi connectivity index (χ4n) is 1.84. The van der Waals surface area contributed by atoms with E-state index in [0.717, 1.165) is 28.8 Å². The number of aryl methyl sites for hydroxylation is 2. The van der Waals surface area contributed by atoms with Crippen molar-refractivity contribution in [3.63, 3.8) is 0 Å². The number of halogens is 1. The Kier molecular flexibility index (Phi) is 6.70. The first-order chi connectivity index (χ1) is 8.54. The molecule has 1 rings (SSSR count). The molecule has 18 heavy (non-hydrogen) atoms. The van der Waals surface area contributed by atoms with Crippen molar-refractivity contribution in [3.8, 4) is 0 Å². The average molecular weight is 336 g/mol. The number of thioether (sulfide) groups is 1. The van der Waals surface area contributed by atoms with Crippen molar-refractivity contribution in [2.75, 3.05) is 12.9 Å². The molecule has 1 aromatic heterocycles. The van der Waals surface area contributed by atoms with E-state index in [2.05, 4.69) is 40.2 Å². The second-order valence-electron chi connectivity index (χ2n) is 4.31. The maximum Gasteiger partial charge on any atom is 0.0767 e. The molecule has 1 aromatic rings. The first kappa shape index (κ1) is 16.0. The van der Waals surface area contributed by atoms with E-state index in [1.165, 1.54) is 0 Å². The quantitative estimate of drug-likeness (QED) is 0.799. The first-order valence-electron chi connectivity index (χ1n) is 6.12. The fourth-order valence-corrected chi connectivity index (χ4v) is 3.25. The summed E-state index contributed by atoms with van der Waals surface area (Å²) >= 11 is 5.29. The minimum absolute atomic E-state index is 0.197. The summed E-state index contributed by atoms with van der Waals surface area (Å²) in [5, 5.41) is 17.4. The molecule has 0 spiro atoms. The molecule has 0 saturated carbocycles. The maximum absolute atomic E-state index is 9.26. The lowest BCUT2D eigenvalue weighted by molar-refractivity contribution is 0.275. The van der Waals surface area contributed by atoms with Gasteiger partial charge in [0.2, 0.25) is 0 Å². The second kappa shape index (κ2) is 7.53. The third-order valence-corrected chi connectivity index (χ3v) is 5.21. The summed E-state index contributed by atoms with van der Waals surface area (Å²) in [6.07, 6.45) is 2.95. The van der Waals surface area contributed by atoms with Crippen molar-refractivity contribution >= 4 is 27.7 Å². The molecule has 4 nitrogen and oxygen atoms in total. The molecule has 0 fully saturated rings. The Balaban J connectivity index is 2.66. The van der Waals surface area contributed by atoms with Crippen molar-refractivity contribution in [1.82, 2.24) is 15.1 Å². The molecular weight excluding hydrogens is 314 g/mol. The smallest absolute Gasteiger partial charge is 0.0767 e. The van der Waals surface area contributed by atoms with Gasteiger partial charge in [-0.3, -0.25) is 4.68 Å². The molecule has 2 unspecified atom stereocenters. The summed E-state index contributed by atoms with van der Waals surface area (Å²) in [5.41, 5.74) is 2.24. The van der Waals surface area contributed by atoms with Crippen LogP contribution < -0.4 is 5.32 Å². The molecule has 6 heteroatoms. The third-order valence-electron chi connectivity index (χ3n) is 3.13. The van der Waals surface area contributed by atoms with Crippen LogP contribution in [0.15, 0.2) is 4.47 Å². The van der Waals surface area contributed by atoms with Crippen LogP contribution in [0.2, 0.25) is 0 Å². The van der Waals surface area contributed by atoms with Crippen molar-refractivity contribution in [2.24, 2.45) is 7.05 Å². The van der Waals surface area contributed by atoms with Crippen LogP contribution >= 0.6 is 27.7 Å². The van der Waals surface area contributed by atoms with E-state index in [1.54, 1.807) is 11.8 Å². The Morgan fingerprint density at radius 1 is 1.56 bits per heavy atom. The Hall–Kier alpha value is -0.0400. The summed E-state index contributed by atoms with van der Waals surface area (Å²) in [6.45, 7) is 5.15. The highest BCUT2D eigenvalue weighted by Gasteiger charge is 2.17. The lowest BCUT2D eigenvalue weighted by Gasteiger charge is -2.21. The highest BCUT2D eigenvalue weighted by atomic mass is 79.9. The topological polar surface area (TPSA) is 50.1 Å². The van der Waals surface area contributed by atoms with Crippen LogP contribution in [0.3, 0.4) is 0 Å². The van der Waals surface area contributed by atoms with Gasteiger partial charge in [-0.2, -0.15) is 16.9 Å². The Bertz CT molecular complexity index is 380. The highest BCUT2D eigenvalue weighted by Crippen LogP contribution is 2.21. The number of nitrogens with zero attached hydrogens (tertiary/aromatic N) is 2. The van der Waals surface area contributed by atoms with Crippen molar-refractivity contribution in [3.05, 3.63) is 15.9 Å². The van der Waals surface area contributed by atoms with Gasteiger partial charge in [-0.15, -0.1) is 0 Å². The van der Waals surface area contributed by atoms with Crippen molar-refractivity contribution in [1.29, 1.82) is 0 Å². The van der Waals surface area contributed by atoms with Crippen LogP contribution in [-0.4, -0.2) is 39.0 Å². The highest BCUT2D eigenvalue weighted by molar-refractivity contribution is 9.10. The average Bonchev–Trinajstić information content (AvgIpc) is 2.63. The van der Waals surface area contributed by atoms with Gasteiger partial charge in [-0.05, 0) is 35.5 Å². The second-order valence-corrected chi connectivity index (χ2v) is 6.18. The van der Waals surface area contributed by atoms with Crippen LogP contribution in [0.5, 0.6) is 0 Å². The van der Waals surface area contributed by atoms with Gasteiger partial charge in [-0.1, -0.05) is 6.92 Å². The number of hydrogen-bond donors (Lipinski definition) is 2. The predicted molar refractivity (Wildman–Crippen MR) is 81.0 cm³/mol. The molecule has 0 aliphatic heterocycles. The first-order valence-corrected chi connectivity index (χ1v) is 8.20. The summed E-state index contributed by atoms with van der Waals surface area (Å²) in [4.78, 5) is 0. The lowest BCUT2D eigenvalue weighted by Crippen LogP contribution is -2.37. The van der Waals surface area contributed by atoms with Crippen LogP contribution in [0.4, 0.5) is 0 Å². The molecule has 1 heterocycles. The van der Waals surface area contributed by atoms with Gasteiger partial charge in [0, 0.05) is 24.9 Å². The molecule has 0 aliphatic carbocycles. The van der Waals surface area contributed by atoms with E-state index in [-0.39, 0.29) is 17.9 Å². The number of nitrogens with one attached hydrogen (secondary N) is 1. The maximum atomic E-state index is 9.26. The van der Waals surface area contributed by atoms with E-state index in [4.69, 9.17) is 0 Å². The Labute approximate surface area is 122 Å². The van der Waals surface area contributed by atoms with E-state index in [1.807, 2.05) is 18.0 Å². The zero-order chi connectivity index (χ0) is 13.7. The Morgan fingerprint density at radius 3 is 2.67 bits per heavy atom. The van der Waals surface area contributed by atoms with Crippen LogP contribution in [0.25, 0.3) is 0 Å². The minimum Gasteiger partial charge on any atom is -0.395 e. The van der Waals surface area contributed by atoms with Crippen LogP contribution in [-0.2, 0) is 20.0 Å². The lowest BCUT2D eigenvalue weighted by atomic mass is 10.2. The van der Waals surface area contributed by atoms with Crippen molar-refractivity contribution < 1.29 is 5.11 Å². The molecule has 0 bridgehead atoms. The zero-order valence-corrected chi connectivity index (χ0v) is 13.8. The number of hydrogen-bond acceptors (Lipinski definition) is 4. The molecule has 0 amide bonds. The Morgan fingerprint density at radius 2 is 2.22 bits per heavy atom. The molecule has 0 aromatic carbocycles. The molecule has 0 radical (unpaired) electrons. The van der Waals surface area contributed by atoms with Gasteiger partial charge in [0.25, 0.3) is 0 Å². The molecule has 2 N–H and O–H groups in total. The van der Waals surface area contributed by atoms with E-state index in [0.29, 0.717) is 0 Å². The SMILES string of the molecule is CCc1nn(C)c(CNC(C)C(CO)SC)c1Br. The number of aliphatic hydroxyl groups excluding tert-OH is 1. The van der Waals surface area contributed by atoms with Gasteiger partial charge >= 0.3 is 0 Å². The third kappa shape index (κ3) is 3.73. The summed E-state index contributed by atoms with van der Waals surface area (Å²) in [5.74, 6) is 0. The molecule has 2 atom stereocenters. The van der Waals surface area contributed by atoms with E-state index >= 15 is 0 Å². The molecule has 0 aliphatic rings. The monoisotopic (exact) mass is 335 g/mol. The minimum atomic E-state index is 0.197. The van der Waals surface area contributed by atoms with E-state index in [9.17, 15) is 5.11 Å². The molecule has 0 saturated heterocycles. The largest absolute Gasteiger partial charge is 0.395 e. The fraction of sp³-hybridized carbons (Fsp3) is 0.750. The standard InChI is InChI=1S/C12H22BrN3OS/c1-5-9-12(13)10(16(3)15-9)6-14-8(2)11(7-17)18-4/h8,11,14,17H,5-7H2,1-4H3. The predicted octanol–water partition coefficient (Wildman–Crippen LogP) is 1.95. The number of aliphatic hydroxyl groups is 1. The van der Waals surface area contributed by atoms with Crippen molar-refractivity contribution in [2.45, 2.75) is 38.1 Å². The number of aromatic nitrogens is 2. The van der Waals surface area contributed by atoms with Crippen LogP contribution in [0.1, 0.15) is 25.2 Å². The van der Waals surface area contributed by atoms with Gasteiger partial charge in [0.1, 0.15) is 0 Å². The van der Waals surface area contributed by atoms with Gasteiger partial charge < -0.3 is 10.4 Å². The summed E-state index contributed by atoms with van der Waals surface area (Å²) in [7, 11) is 1.96. The van der Waals surface area contributed by atoms with E-state index < -0.39 is 0 Å². The van der Waals surface area contributed by atoms with Gasteiger partial charge in [0.05, 0.1) is 22.5 Å². The molecule has 104 valence electrons. The van der Waals surface area contributed by atoms with Crippen LogP contribution in [0, 0.1) is 0 Å².